The van der Waals surface area contributed by atoms with Crippen LogP contribution >= 0.6 is 23.5 Å². The van der Waals surface area contributed by atoms with E-state index in [1.54, 1.807) is 6.07 Å². The predicted molar refractivity (Wildman–Crippen MR) is 109 cm³/mol. The highest BCUT2D eigenvalue weighted by atomic mass is 32.2. The second kappa shape index (κ2) is 9.86. The maximum Gasteiger partial charge on any atom is 0.293 e. The molecule has 0 saturated carbocycles. The summed E-state index contributed by atoms with van der Waals surface area (Å²) in [6, 6.07) is 9.22. The molecule has 0 radical (unpaired) electrons. The molecular weight excluding hydrogens is 437 g/mol. The zero-order valence-electron chi connectivity index (χ0n) is 15.4. The maximum absolute atomic E-state index is 13.7. The van der Waals surface area contributed by atoms with Gasteiger partial charge in [0.05, 0.1) is 10.7 Å². The molecule has 1 fully saturated rings. The molecule has 1 N–H and O–H groups in total. The van der Waals surface area contributed by atoms with E-state index in [0.717, 1.165) is 28.8 Å². The third kappa shape index (κ3) is 5.45. The van der Waals surface area contributed by atoms with E-state index in [1.807, 2.05) is 0 Å². The van der Waals surface area contributed by atoms with Gasteiger partial charge in [0.2, 0.25) is 5.91 Å². The standard InChI is InChI=1S/C20H15F3N2O3S2/c21-14-4-2-1-3-12(14)9-17-19(27)25(20(28)30-17)8-7-24-18(26)11-29-13-5-6-15(22)16(23)10-13/h1-6,9-10H,7-8,11H2,(H,24,26)/b17-9-. The van der Waals surface area contributed by atoms with Gasteiger partial charge in [-0.25, -0.2) is 13.2 Å². The minimum absolute atomic E-state index is 0.0300. The number of nitrogens with zero attached hydrogens (tertiary/aromatic N) is 1. The van der Waals surface area contributed by atoms with Gasteiger partial charge in [-0.2, -0.15) is 0 Å². The molecule has 0 spiro atoms. The Morgan fingerprint density at radius 3 is 2.57 bits per heavy atom. The Kier molecular flexibility index (Phi) is 7.22. The third-order valence-electron chi connectivity index (χ3n) is 3.98. The number of hydrogen-bond donors (Lipinski definition) is 1. The summed E-state index contributed by atoms with van der Waals surface area (Å²) in [5.74, 6) is -3.46. The Morgan fingerprint density at radius 2 is 1.83 bits per heavy atom. The minimum Gasteiger partial charge on any atom is -0.354 e. The van der Waals surface area contributed by atoms with Crippen molar-refractivity contribution in [3.8, 4) is 0 Å². The number of thioether (sulfide) groups is 2. The molecule has 156 valence electrons. The van der Waals surface area contributed by atoms with Crippen LogP contribution in [-0.4, -0.2) is 40.8 Å². The molecule has 1 aliphatic heterocycles. The molecule has 0 unspecified atom stereocenters. The van der Waals surface area contributed by atoms with Gasteiger partial charge < -0.3 is 5.32 Å². The van der Waals surface area contributed by atoms with E-state index >= 15 is 0 Å². The molecule has 10 heteroatoms. The molecule has 0 aliphatic carbocycles. The van der Waals surface area contributed by atoms with Gasteiger partial charge in [-0.15, -0.1) is 11.8 Å². The Morgan fingerprint density at radius 1 is 1.07 bits per heavy atom. The quantitative estimate of drug-likeness (QED) is 0.507. The highest BCUT2D eigenvalue weighted by Crippen LogP contribution is 2.32. The van der Waals surface area contributed by atoms with Crippen molar-refractivity contribution in [2.24, 2.45) is 0 Å². The lowest BCUT2D eigenvalue weighted by molar-refractivity contribution is -0.123. The van der Waals surface area contributed by atoms with Crippen LogP contribution in [-0.2, 0) is 9.59 Å². The normalized spacial score (nSPS) is 15.2. The lowest BCUT2D eigenvalue weighted by atomic mass is 10.2. The second-order valence-corrected chi connectivity index (χ2v) is 8.11. The van der Waals surface area contributed by atoms with E-state index in [4.69, 9.17) is 0 Å². The summed E-state index contributed by atoms with van der Waals surface area (Å²) in [4.78, 5) is 37.8. The number of imide groups is 1. The fourth-order valence-electron chi connectivity index (χ4n) is 2.50. The number of halogens is 3. The minimum atomic E-state index is -0.997. The lowest BCUT2D eigenvalue weighted by Gasteiger charge is -2.13. The number of carbonyl (C=O) groups is 3. The van der Waals surface area contributed by atoms with Crippen LogP contribution in [0, 0.1) is 17.5 Å². The molecule has 30 heavy (non-hydrogen) atoms. The molecule has 1 aliphatic rings. The van der Waals surface area contributed by atoms with Crippen molar-refractivity contribution in [1.29, 1.82) is 0 Å². The smallest absolute Gasteiger partial charge is 0.293 e. The molecular formula is C20H15F3N2O3S2. The number of nitrogens with one attached hydrogen (secondary N) is 1. The summed E-state index contributed by atoms with van der Waals surface area (Å²) in [6.45, 7) is -0.0109. The first kappa shape index (κ1) is 22.0. The monoisotopic (exact) mass is 452 g/mol. The first-order valence-electron chi connectivity index (χ1n) is 8.69. The van der Waals surface area contributed by atoms with Gasteiger partial charge in [0.15, 0.2) is 11.6 Å². The highest BCUT2D eigenvalue weighted by Gasteiger charge is 2.34. The van der Waals surface area contributed by atoms with Gasteiger partial charge in [-0.1, -0.05) is 18.2 Å². The van der Waals surface area contributed by atoms with Gasteiger partial charge in [0.1, 0.15) is 5.82 Å². The van der Waals surface area contributed by atoms with Crippen molar-refractivity contribution < 1.29 is 27.6 Å². The van der Waals surface area contributed by atoms with Crippen molar-refractivity contribution in [1.82, 2.24) is 10.2 Å². The van der Waals surface area contributed by atoms with E-state index in [0.29, 0.717) is 16.7 Å². The van der Waals surface area contributed by atoms with Gasteiger partial charge in [-0.05, 0) is 42.1 Å². The van der Waals surface area contributed by atoms with E-state index in [-0.39, 0.29) is 29.3 Å². The fraction of sp³-hybridized carbons (Fsp3) is 0.150. The van der Waals surface area contributed by atoms with E-state index in [2.05, 4.69) is 5.32 Å². The van der Waals surface area contributed by atoms with Crippen molar-refractivity contribution in [2.75, 3.05) is 18.8 Å². The average molecular weight is 452 g/mol. The van der Waals surface area contributed by atoms with Crippen LogP contribution in [0.15, 0.2) is 52.3 Å². The number of rotatable bonds is 7. The van der Waals surface area contributed by atoms with E-state index in [9.17, 15) is 27.6 Å². The molecule has 3 amide bonds. The molecule has 5 nitrogen and oxygen atoms in total. The topological polar surface area (TPSA) is 66.5 Å². The molecule has 0 bridgehead atoms. The molecule has 2 aromatic carbocycles. The van der Waals surface area contributed by atoms with Crippen LogP contribution in [0.5, 0.6) is 0 Å². The highest BCUT2D eigenvalue weighted by molar-refractivity contribution is 8.18. The van der Waals surface area contributed by atoms with E-state index in [1.165, 1.54) is 30.3 Å². The number of amides is 3. The third-order valence-corrected chi connectivity index (χ3v) is 5.89. The Bertz CT molecular complexity index is 1030. The van der Waals surface area contributed by atoms with Crippen LogP contribution < -0.4 is 5.32 Å². The summed E-state index contributed by atoms with van der Waals surface area (Å²) >= 11 is 1.73. The first-order chi connectivity index (χ1) is 14.3. The fourth-order valence-corrected chi connectivity index (χ4v) is 4.11. The molecule has 3 rings (SSSR count). The van der Waals surface area contributed by atoms with Crippen molar-refractivity contribution >= 4 is 46.7 Å². The molecule has 1 heterocycles. The maximum atomic E-state index is 13.7. The second-order valence-electron chi connectivity index (χ2n) is 6.07. The van der Waals surface area contributed by atoms with Crippen LogP contribution in [0.25, 0.3) is 6.08 Å². The van der Waals surface area contributed by atoms with Crippen molar-refractivity contribution in [3.63, 3.8) is 0 Å². The van der Waals surface area contributed by atoms with Crippen LogP contribution in [0.2, 0.25) is 0 Å². The summed E-state index contributed by atoms with van der Waals surface area (Å²) in [5.41, 5.74) is 0.200. The molecule has 2 aromatic rings. The van der Waals surface area contributed by atoms with Gasteiger partial charge in [-0.3, -0.25) is 19.3 Å². The van der Waals surface area contributed by atoms with Gasteiger partial charge >= 0.3 is 0 Å². The summed E-state index contributed by atoms with van der Waals surface area (Å²) in [7, 11) is 0. The zero-order valence-corrected chi connectivity index (χ0v) is 17.0. The SMILES string of the molecule is O=C(CSc1ccc(F)c(F)c1)NCCN1C(=O)S/C(=C\c2ccccc2F)C1=O. The Balaban J connectivity index is 1.49. The average Bonchev–Trinajstić information content (AvgIpc) is 2.98. The summed E-state index contributed by atoms with van der Waals surface area (Å²) < 4.78 is 39.8. The first-order valence-corrected chi connectivity index (χ1v) is 10.5. The molecule has 1 saturated heterocycles. The largest absolute Gasteiger partial charge is 0.354 e. The molecule has 0 aromatic heterocycles. The van der Waals surface area contributed by atoms with Gasteiger partial charge in [0.25, 0.3) is 11.1 Å². The van der Waals surface area contributed by atoms with Crippen LogP contribution in [0.1, 0.15) is 5.56 Å². The van der Waals surface area contributed by atoms with E-state index < -0.39 is 34.5 Å². The van der Waals surface area contributed by atoms with Crippen LogP contribution in [0.3, 0.4) is 0 Å². The zero-order chi connectivity index (χ0) is 21.7. The van der Waals surface area contributed by atoms with Crippen LogP contribution in [0.4, 0.5) is 18.0 Å². The Hall–Kier alpha value is -2.72. The number of benzene rings is 2. The Labute approximate surface area is 178 Å². The number of hydrogen-bond acceptors (Lipinski definition) is 5. The van der Waals surface area contributed by atoms with Crippen molar-refractivity contribution in [3.05, 3.63) is 70.4 Å². The van der Waals surface area contributed by atoms with Gasteiger partial charge in [0, 0.05) is 23.5 Å². The predicted octanol–water partition coefficient (Wildman–Crippen LogP) is 4.05. The number of carbonyl (C=O) groups excluding carboxylic acids is 3. The lowest BCUT2D eigenvalue weighted by Crippen LogP contribution is -2.37. The summed E-state index contributed by atoms with van der Waals surface area (Å²) in [5, 5.41) is 2.05. The molecule has 0 atom stereocenters. The van der Waals surface area contributed by atoms with Crippen molar-refractivity contribution in [2.45, 2.75) is 4.90 Å². The summed E-state index contributed by atoms with van der Waals surface area (Å²) in [6.07, 6.45) is 1.32.